The zero-order chi connectivity index (χ0) is 11.5. The number of nitrogens with one attached hydrogen (secondary N) is 1. The van der Waals surface area contributed by atoms with Crippen LogP contribution in [0.2, 0.25) is 0 Å². The fourth-order valence-corrected chi connectivity index (χ4v) is 1.05. The van der Waals surface area contributed by atoms with E-state index in [0.717, 1.165) is 6.42 Å². The van der Waals surface area contributed by atoms with Crippen LogP contribution in [0.25, 0.3) is 0 Å². The zero-order valence-electron chi connectivity index (χ0n) is 9.37. The van der Waals surface area contributed by atoms with Crippen molar-refractivity contribution < 1.29 is 4.74 Å². The lowest BCUT2D eigenvalue weighted by atomic mass is 10.1. The lowest BCUT2D eigenvalue weighted by Crippen LogP contribution is -2.28. The molecule has 0 unspecified atom stereocenters. The largest absolute Gasteiger partial charge is 0.485 e. The van der Waals surface area contributed by atoms with E-state index in [1.165, 1.54) is 0 Å². The molecule has 1 aromatic heterocycles. The molecule has 0 spiro atoms. The molecule has 1 rings (SSSR count). The summed E-state index contributed by atoms with van der Waals surface area (Å²) in [5.74, 6) is 0.495. The van der Waals surface area contributed by atoms with Gasteiger partial charge >= 0.3 is 0 Å². The smallest absolute Gasteiger partial charge is 0.149 e. The topological polar surface area (TPSA) is 72.0 Å². The van der Waals surface area contributed by atoms with E-state index in [0.29, 0.717) is 11.4 Å². The number of rotatable bonds is 4. The van der Waals surface area contributed by atoms with E-state index in [9.17, 15) is 0 Å². The first-order valence-corrected chi connectivity index (χ1v) is 4.94. The van der Waals surface area contributed by atoms with Crippen molar-refractivity contribution in [3.63, 3.8) is 0 Å². The highest BCUT2D eigenvalue weighted by molar-refractivity contribution is 5.95. The van der Waals surface area contributed by atoms with E-state index in [1.807, 2.05) is 20.8 Å². The van der Waals surface area contributed by atoms with Crippen LogP contribution >= 0.6 is 0 Å². The van der Waals surface area contributed by atoms with E-state index < -0.39 is 0 Å². The molecule has 1 heterocycles. The Labute approximate surface area is 90.0 Å². The van der Waals surface area contributed by atoms with Crippen molar-refractivity contribution in [3.05, 3.63) is 24.0 Å². The van der Waals surface area contributed by atoms with Crippen LogP contribution in [-0.4, -0.2) is 16.4 Å². The van der Waals surface area contributed by atoms with Crippen LogP contribution in [-0.2, 0) is 0 Å². The average molecular weight is 207 g/mol. The molecule has 0 amide bonds. The molecule has 0 aromatic carbocycles. The normalized spacial score (nSPS) is 11.1. The summed E-state index contributed by atoms with van der Waals surface area (Å²) in [7, 11) is 0. The van der Waals surface area contributed by atoms with E-state index in [2.05, 4.69) is 4.98 Å². The zero-order valence-corrected chi connectivity index (χ0v) is 9.37. The van der Waals surface area contributed by atoms with Crippen LogP contribution < -0.4 is 10.5 Å². The summed E-state index contributed by atoms with van der Waals surface area (Å²) in [6.07, 6.45) is 2.47. The van der Waals surface area contributed by atoms with Gasteiger partial charge in [-0.25, -0.2) is 4.98 Å². The number of nitrogen functional groups attached to an aromatic ring is 1. The van der Waals surface area contributed by atoms with Gasteiger partial charge in [0.15, 0.2) is 0 Å². The van der Waals surface area contributed by atoms with Gasteiger partial charge in [-0.3, -0.25) is 5.41 Å². The summed E-state index contributed by atoms with van der Waals surface area (Å²) in [5.41, 5.74) is 5.55. The molecule has 0 bridgehead atoms. The molecule has 0 radical (unpaired) electrons. The SMILES string of the molecule is CCC(C)(C)Oc1cccnc1C(=N)N. The number of hydrogen-bond donors (Lipinski definition) is 2. The Bertz CT molecular complexity index is 361. The van der Waals surface area contributed by atoms with Crippen LogP contribution in [0.1, 0.15) is 32.9 Å². The highest BCUT2D eigenvalue weighted by atomic mass is 16.5. The predicted octanol–water partition coefficient (Wildman–Crippen LogP) is 1.93. The van der Waals surface area contributed by atoms with Gasteiger partial charge in [0.25, 0.3) is 0 Å². The van der Waals surface area contributed by atoms with Crippen LogP contribution in [0.3, 0.4) is 0 Å². The molecule has 0 aliphatic rings. The molecular weight excluding hydrogens is 190 g/mol. The summed E-state index contributed by atoms with van der Waals surface area (Å²) < 4.78 is 5.76. The molecule has 3 N–H and O–H groups in total. The van der Waals surface area contributed by atoms with Gasteiger partial charge in [-0.05, 0) is 32.4 Å². The number of pyridine rings is 1. The van der Waals surface area contributed by atoms with Crippen molar-refractivity contribution in [1.82, 2.24) is 4.98 Å². The van der Waals surface area contributed by atoms with E-state index in [1.54, 1.807) is 18.3 Å². The molecule has 0 saturated heterocycles. The van der Waals surface area contributed by atoms with Gasteiger partial charge in [-0.2, -0.15) is 0 Å². The van der Waals surface area contributed by atoms with Gasteiger partial charge in [0.05, 0.1) is 0 Å². The highest BCUT2D eigenvalue weighted by Crippen LogP contribution is 2.22. The number of nitrogens with two attached hydrogens (primary N) is 1. The minimum Gasteiger partial charge on any atom is -0.485 e. The standard InChI is InChI=1S/C11H17N3O/c1-4-11(2,3)15-8-6-5-7-14-9(8)10(12)13/h5-7H,4H2,1-3H3,(H3,12,13). The molecule has 4 heteroatoms. The molecule has 1 aromatic rings. The summed E-state index contributed by atoms with van der Waals surface area (Å²) >= 11 is 0. The van der Waals surface area contributed by atoms with Gasteiger partial charge in [0.1, 0.15) is 22.9 Å². The van der Waals surface area contributed by atoms with Crippen LogP contribution in [0.4, 0.5) is 0 Å². The van der Waals surface area contributed by atoms with Crippen molar-refractivity contribution in [3.8, 4) is 5.75 Å². The Kier molecular flexibility index (Phi) is 3.29. The van der Waals surface area contributed by atoms with E-state index in [-0.39, 0.29) is 11.4 Å². The Hall–Kier alpha value is -1.58. The Morgan fingerprint density at radius 1 is 1.60 bits per heavy atom. The second kappa shape index (κ2) is 4.29. The second-order valence-electron chi connectivity index (χ2n) is 3.98. The maximum absolute atomic E-state index is 7.38. The van der Waals surface area contributed by atoms with Crippen molar-refractivity contribution in [2.24, 2.45) is 5.73 Å². The number of ether oxygens (including phenoxy) is 1. The Balaban J connectivity index is 2.99. The molecule has 0 aliphatic heterocycles. The minimum atomic E-state index is -0.271. The lowest BCUT2D eigenvalue weighted by molar-refractivity contribution is 0.104. The number of hydrogen-bond acceptors (Lipinski definition) is 3. The molecule has 15 heavy (non-hydrogen) atoms. The first-order chi connectivity index (χ1) is 6.96. The monoisotopic (exact) mass is 207 g/mol. The van der Waals surface area contributed by atoms with Gasteiger partial charge in [-0.15, -0.1) is 0 Å². The number of nitrogens with zero attached hydrogens (tertiary/aromatic N) is 1. The molecular formula is C11H17N3O. The highest BCUT2D eigenvalue weighted by Gasteiger charge is 2.19. The molecule has 0 aliphatic carbocycles. The minimum absolute atomic E-state index is 0.0718. The molecule has 0 atom stereocenters. The van der Waals surface area contributed by atoms with Gasteiger partial charge in [0.2, 0.25) is 0 Å². The van der Waals surface area contributed by atoms with Crippen LogP contribution in [0.15, 0.2) is 18.3 Å². The molecule has 82 valence electrons. The third kappa shape index (κ3) is 2.94. The predicted molar refractivity (Wildman–Crippen MR) is 60.3 cm³/mol. The lowest BCUT2D eigenvalue weighted by Gasteiger charge is -2.25. The van der Waals surface area contributed by atoms with Crippen molar-refractivity contribution >= 4 is 5.84 Å². The van der Waals surface area contributed by atoms with Crippen molar-refractivity contribution in [1.29, 1.82) is 5.41 Å². The van der Waals surface area contributed by atoms with Crippen LogP contribution in [0, 0.1) is 5.41 Å². The van der Waals surface area contributed by atoms with Crippen molar-refractivity contribution in [2.45, 2.75) is 32.8 Å². The van der Waals surface area contributed by atoms with Crippen molar-refractivity contribution in [2.75, 3.05) is 0 Å². The maximum Gasteiger partial charge on any atom is 0.149 e. The third-order valence-corrected chi connectivity index (χ3v) is 2.26. The molecule has 0 saturated carbocycles. The fraction of sp³-hybridized carbons (Fsp3) is 0.455. The molecule has 0 fully saturated rings. The quantitative estimate of drug-likeness (QED) is 0.585. The van der Waals surface area contributed by atoms with Gasteiger partial charge in [-0.1, -0.05) is 6.92 Å². The summed E-state index contributed by atoms with van der Waals surface area (Å²) in [6.45, 7) is 6.03. The fourth-order valence-electron chi connectivity index (χ4n) is 1.05. The Morgan fingerprint density at radius 2 is 2.27 bits per heavy atom. The van der Waals surface area contributed by atoms with Gasteiger partial charge < -0.3 is 10.5 Å². The summed E-state index contributed by atoms with van der Waals surface area (Å²) in [4.78, 5) is 4.02. The second-order valence-corrected chi connectivity index (χ2v) is 3.98. The first-order valence-electron chi connectivity index (χ1n) is 4.94. The maximum atomic E-state index is 7.38. The average Bonchev–Trinajstić information content (AvgIpc) is 2.18. The van der Waals surface area contributed by atoms with E-state index >= 15 is 0 Å². The Morgan fingerprint density at radius 3 is 2.80 bits per heavy atom. The summed E-state index contributed by atoms with van der Waals surface area (Å²) in [6, 6.07) is 3.55. The third-order valence-electron chi connectivity index (χ3n) is 2.26. The number of aromatic nitrogens is 1. The number of amidine groups is 1. The van der Waals surface area contributed by atoms with Gasteiger partial charge in [0, 0.05) is 6.20 Å². The molecule has 4 nitrogen and oxygen atoms in total. The van der Waals surface area contributed by atoms with Crippen LogP contribution in [0.5, 0.6) is 5.75 Å². The van der Waals surface area contributed by atoms with E-state index in [4.69, 9.17) is 15.9 Å². The first kappa shape index (κ1) is 11.5. The summed E-state index contributed by atoms with van der Waals surface area (Å²) in [5, 5.41) is 7.38.